The summed E-state index contributed by atoms with van der Waals surface area (Å²) < 4.78 is 10.4. The molecule has 0 aromatic heterocycles. The lowest BCUT2D eigenvalue weighted by atomic mass is 10.1. The number of carbonyl (C=O) groups is 2. The number of rotatable bonds is 9. The number of nitrogens with one attached hydrogen (secondary N) is 1. The zero-order valence-corrected chi connectivity index (χ0v) is 14.8. The zero-order valence-electron chi connectivity index (χ0n) is 14.8. The first kappa shape index (κ1) is 19.5. The Kier molecular flexibility index (Phi) is 7.17. The Balaban J connectivity index is 1.82. The predicted molar refractivity (Wildman–Crippen MR) is 97.1 cm³/mol. The number of ether oxygens (including phenoxy) is 2. The number of carbonyl (C=O) groups excluding carboxylic acids is 1. The number of aliphatic carboxylic acids is 1. The minimum Gasteiger partial charge on any atom is -0.484 e. The molecule has 0 radical (unpaired) electrons. The minimum absolute atomic E-state index is 0.0909. The Morgan fingerprint density at radius 1 is 1.08 bits per heavy atom. The van der Waals surface area contributed by atoms with E-state index >= 15 is 0 Å². The van der Waals surface area contributed by atoms with Crippen LogP contribution in [0.2, 0.25) is 0 Å². The molecule has 1 amide bonds. The van der Waals surface area contributed by atoms with Crippen molar-refractivity contribution in [3.8, 4) is 5.75 Å². The number of hydrogen-bond acceptors (Lipinski definition) is 4. The molecular weight excluding hydrogens is 334 g/mol. The van der Waals surface area contributed by atoms with Gasteiger partial charge in [-0.1, -0.05) is 42.5 Å². The van der Waals surface area contributed by atoms with Gasteiger partial charge in [0.05, 0.1) is 6.04 Å². The molecule has 2 unspecified atom stereocenters. The standard InChI is InChI=1S/C20H23NO5/c1-14(16-6-4-3-5-7-16)21-19(22)13-26-17-10-8-15(9-11-17)12-18(25-2)20(23)24/h3-11,14,18H,12-13H2,1-2H3,(H,21,22)(H,23,24). The van der Waals surface area contributed by atoms with Crippen molar-refractivity contribution >= 4 is 11.9 Å². The minimum atomic E-state index is -1.00. The summed E-state index contributed by atoms with van der Waals surface area (Å²) in [5.41, 5.74) is 1.84. The van der Waals surface area contributed by atoms with E-state index in [1.807, 2.05) is 37.3 Å². The molecule has 0 spiro atoms. The summed E-state index contributed by atoms with van der Waals surface area (Å²) in [6, 6.07) is 16.5. The van der Waals surface area contributed by atoms with E-state index in [1.165, 1.54) is 7.11 Å². The maximum atomic E-state index is 12.0. The Morgan fingerprint density at radius 2 is 1.73 bits per heavy atom. The maximum absolute atomic E-state index is 12.0. The smallest absolute Gasteiger partial charge is 0.333 e. The van der Waals surface area contributed by atoms with E-state index in [-0.39, 0.29) is 25.0 Å². The molecule has 6 nitrogen and oxygen atoms in total. The Hall–Kier alpha value is -2.86. The SMILES string of the molecule is COC(Cc1ccc(OCC(=O)NC(C)c2ccccc2)cc1)C(=O)O. The average molecular weight is 357 g/mol. The molecule has 138 valence electrons. The maximum Gasteiger partial charge on any atom is 0.333 e. The van der Waals surface area contributed by atoms with Crippen LogP contribution in [0.25, 0.3) is 0 Å². The highest BCUT2D eigenvalue weighted by Gasteiger charge is 2.16. The van der Waals surface area contributed by atoms with Crippen LogP contribution in [0.4, 0.5) is 0 Å². The highest BCUT2D eigenvalue weighted by atomic mass is 16.5. The van der Waals surface area contributed by atoms with Crippen LogP contribution in [0.1, 0.15) is 24.1 Å². The molecular formula is C20H23NO5. The first-order valence-corrected chi connectivity index (χ1v) is 8.31. The van der Waals surface area contributed by atoms with Gasteiger partial charge in [-0.2, -0.15) is 0 Å². The summed E-state index contributed by atoms with van der Waals surface area (Å²) >= 11 is 0. The van der Waals surface area contributed by atoms with Crippen LogP contribution >= 0.6 is 0 Å². The van der Waals surface area contributed by atoms with Gasteiger partial charge >= 0.3 is 5.97 Å². The van der Waals surface area contributed by atoms with E-state index in [0.717, 1.165) is 11.1 Å². The molecule has 2 rings (SSSR count). The fourth-order valence-electron chi connectivity index (χ4n) is 2.46. The molecule has 0 bridgehead atoms. The fraction of sp³-hybridized carbons (Fsp3) is 0.300. The van der Waals surface area contributed by atoms with Gasteiger partial charge in [-0.3, -0.25) is 4.79 Å². The lowest BCUT2D eigenvalue weighted by Gasteiger charge is -2.15. The summed E-state index contributed by atoms with van der Waals surface area (Å²) in [5.74, 6) is -0.673. The van der Waals surface area contributed by atoms with Crippen LogP contribution in [0, 0.1) is 0 Å². The first-order chi connectivity index (χ1) is 12.5. The number of carboxylic acid groups (broad SMARTS) is 1. The summed E-state index contributed by atoms with van der Waals surface area (Å²) in [5, 5.41) is 11.9. The number of hydrogen-bond donors (Lipinski definition) is 2. The van der Waals surface area contributed by atoms with Crippen LogP contribution in [0.15, 0.2) is 54.6 Å². The average Bonchev–Trinajstić information content (AvgIpc) is 2.65. The summed E-state index contributed by atoms with van der Waals surface area (Å²) in [6.45, 7) is 1.82. The van der Waals surface area contributed by atoms with Crippen molar-refractivity contribution < 1.29 is 24.2 Å². The molecule has 6 heteroatoms. The molecule has 0 saturated heterocycles. The van der Waals surface area contributed by atoms with Crippen molar-refractivity contribution in [3.05, 3.63) is 65.7 Å². The van der Waals surface area contributed by atoms with Gasteiger partial charge in [0.1, 0.15) is 5.75 Å². The van der Waals surface area contributed by atoms with Crippen molar-refractivity contribution in [1.82, 2.24) is 5.32 Å². The molecule has 0 aliphatic carbocycles. The molecule has 2 N–H and O–H groups in total. The fourth-order valence-corrected chi connectivity index (χ4v) is 2.46. The van der Waals surface area contributed by atoms with E-state index in [2.05, 4.69) is 5.32 Å². The quantitative estimate of drug-likeness (QED) is 0.720. The predicted octanol–water partition coefficient (Wildman–Crippen LogP) is 2.58. The van der Waals surface area contributed by atoms with E-state index in [1.54, 1.807) is 24.3 Å². The van der Waals surface area contributed by atoms with Gasteiger partial charge in [-0.15, -0.1) is 0 Å². The van der Waals surface area contributed by atoms with Crippen molar-refractivity contribution in [3.63, 3.8) is 0 Å². The van der Waals surface area contributed by atoms with Crippen LogP contribution in [-0.2, 0) is 20.7 Å². The molecule has 2 aromatic carbocycles. The van der Waals surface area contributed by atoms with Gasteiger partial charge in [0.25, 0.3) is 5.91 Å². The second-order valence-electron chi connectivity index (χ2n) is 5.90. The van der Waals surface area contributed by atoms with Crippen LogP contribution < -0.4 is 10.1 Å². The highest BCUT2D eigenvalue weighted by Crippen LogP contribution is 2.15. The Labute approximate surface area is 152 Å². The molecule has 0 saturated carbocycles. The van der Waals surface area contributed by atoms with Crippen LogP contribution in [0.5, 0.6) is 5.75 Å². The Bertz CT molecular complexity index is 715. The van der Waals surface area contributed by atoms with Gasteiger partial charge in [-0.05, 0) is 30.2 Å². The second-order valence-corrected chi connectivity index (χ2v) is 5.90. The van der Waals surface area contributed by atoms with Gasteiger partial charge in [0, 0.05) is 13.5 Å². The Morgan fingerprint density at radius 3 is 2.31 bits per heavy atom. The normalized spacial score (nSPS) is 12.8. The molecule has 0 fully saturated rings. The number of benzene rings is 2. The molecule has 0 aliphatic rings. The molecule has 0 aliphatic heterocycles. The third kappa shape index (κ3) is 5.89. The molecule has 2 atom stereocenters. The first-order valence-electron chi connectivity index (χ1n) is 8.31. The largest absolute Gasteiger partial charge is 0.484 e. The number of carboxylic acids is 1. The van der Waals surface area contributed by atoms with Gasteiger partial charge in [0.15, 0.2) is 12.7 Å². The van der Waals surface area contributed by atoms with Crippen molar-refractivity contribution in [2.75, 3.05) is 13.7 Å². The number of methoxy groups -OCH3 is 1. The van der Waals surface area contributed by atoms with Crippen molar-refractivity contribution in [2.24, 2.45) is 0 Å². The van der Waals surface area contributed by atoms with Crippen molar-refractivity contribution in [2.45, 2.75) is 25.5 Å². The second kappa shape index (κ2) is 9.58. The van der Waals surface area contributed by atoms with Crippen molar-refractivity contribution in [1.29, 1.82) is 0 Å². The van der Waals surface area contributed by atoms with E-state index in [4.69, 9.17) is 14.6 Å². The van der Waals surface area contributed by atoms with Gasteiger partial charge < -0.3 is 19.9 Å². The monoisotopic (exact) mass is 357 g/mol. The van der Waals surface area contributed by atoms with Gasteiger partial charge in [0.2, 0.25) is 0 Å². The number of amides is 1. The molecule has 2 aromatic rings. The topological polar surface area (TPSA) is 84.9 Å². The highest BCUT2D eigenvalue weighted by molar-refractivity contribution is 5.78. The lowest BCUT2D eigenvalue weighted by molar-refractivity contribution is -0.148. The van der Waals surface area contributed by atoms with Crippen LogP contribution in [-0.4, -0.2) is 36.8 Å². The third-order valence-corrected chi connectivity index (χ3v) is 3.95. The van der Waals surface area contributed by atoms with E-state index in [9.17, 15) is 9.59 Å². The lowest BCUT2D eigenvalue weighted by Crippen LogP contribution is -2.31. The molecule has 0 heterocycles. The summed E-state index contributed by atoms with van der Waals surface area (Å²) in [4.78, 5) is 23.0. The summed E-state index contributed by atoms with van der Waals surface area (Å²) in [6.07, 6.45) is -0.617. The van der Waals surface area contributed by atoms with Gasteiger partial charge in [-0.25, -0.2) is 4.79 Å². The summed E-state index contributed by atoms with van der Waals surface area (Å²) in [7, 11) is 1.37. The van der Waals surface area contributed by atoms with E-state index in [0.29, 0.717) is 5.75 Å². The zero-order chi connectivity index (χ0) is 18.9. The van der Waals surface area contributed by atoms with E-state index < -0.39 is 12.1 Å². The third-order valence-electron chi connectivity index (χ3n) is 3.95. The molecule has 26 heavy (non-hydrogen) atoms. The van der Waals surface area contributed by atoms with Crippen LogP contribution in [0.3, 0.4) is 0 Å².